The molecule has 0 spiro atoms. The van der Waals surface area contributed by atoms with Gasteiger partial charge in [-0.05, 0) is 24.6 Å². The standard InChI is InChI=1S/C21H23NO5/c1-17(23)27-21(2,16-22-25-15-18-9-5-3-6-10-18)14-13-20(24)26-19-11-7-4-8-12-19/h3-12,16H,13-15H2,1-2H3/b22-16+. The smallest absolute Gasteiger partial charge is 0.311 e. The van der Waals surface area contributed by atoms with Crippen LogP contribution in [-0.4, -0.2) is 23.8 Å². The quantitative estimate of drug-likeness (QED) is 0.290. The summed E-state index contributed by atoms with van der Waals surface area (Å²) in [6.07, 6.45) is 1.67. The van der Waals surface area contributed by atoms with Gasteiger partial charge in [0.2, 0.25) is 0 Å². The lowest BCUT2D eigenvalue weighted by Gasteiger charge is -2.24. The van der Waals surface area contributed by atoms with Crippen molar-refractivity contribution in [2.24, 2.45) is 5.16 Å². The van der Waals surface area contributed by atoms with Crippen molar-refractivity contribution in [3.05, 3.63) is 66.2 Å². The highest BCUT2D eigenvalue weighted by atomic mass is 16.6. The molecule has 2 aromatic carbocycles. The van der Waals surface area contributed by atoms with Gasteiger partial charge in [0.1, 0.15) is 18.0 Å². The van der Waals surface area contributed by atoms with Crippen LogP contribution in [0.3, 0.4) is 0 Å². The van der Waals surface area contributed by atoms with E-state index in [-0.39, 0.29) is 12.8 Å². The van der Waals surface area contributed by atoms with Crippen molar-refractivity contribution in [1.29, 1.82) is 0 Å². The third-order valence-electron chi connectivity index (χ3n) is 3.65. The molecule has 0 radical (unpaired) electrons. The van der Waals surface area contributed by atoms with E-state index in [0.717, 1.165) is 5.56 Å². The van der Waals surface area contributed by atoms with Crippen LogP contribution in [0.4, 0.5) is 0 Å². The van der Waals surface area contributed by atoms with Gasteiger partial charge in [-0.2, -0.15) is 0 Å². The lowest BCUT2D eigenvalue weighted by atomic mass is 10.0. The molecule has 6 nitrogen and oxygen atoms in total. The van der Waals surface area contributed by atoms with Crippen LogP contribution in [0.2, 0.25) is 0 Å². The summed E-state index contributed by atoms with van der Waals surface area (Å²) >= 11 is 0. The molecule has 0 N–H and O–H groups in total. The van der Waals surface area contributed by atoms with Crippen LogP contribution in [0.5, 0.6) is 5.75 Å². The van der Waals surface area contributed by atoms with Crippen LogP contribution < -0.4 is 4.74 Å². The first kappa shape index (κ1) is 20.2. The predicted octanol–water partition coefficient (Wildman–Crippen LogP) is 3.90. The zero-order valence-electron chi connectivity index (χ0n) is 15.5. The van der Waals surface area contributed by atoms with Crippen LogP contribution >= 0.6 is 0 Å². The Morgan fingerprint density at radius 2 is 1.67 bits per heavy atom. The number of para-hydroxylation sites is 1. The minimum Gasteiger partial charge on any atom is -0.454 e. The van der Waals surface area contributed by atoms with Gasteiger partial charge in [0.25, 0.3) is 0 Å². The van der Waals surface area contributed by atoms with Gasteiger partial charge in [-0.3, -0.25) is 9.59 Å². The number of carbonyl (C=O) groups is 2. The van der Waals surface area contributed by atoms with Gasteiger partial charge in [-0.15, -0.1) is 0 Å². The van der Waals surface area contributed by atoms with Gasteiger partial charge in [0.05, 0.1) is 12.6 Å². The Balaban J connectivity index is 1.88. The molecule has 0 aliphatic carbocycles. The van der Waals surface area contributed by atoms with Gasteiger partial charge < -0.3 is 14.3 Å². The van der Waals surface area contributed by atoms with Crippen molar-refractivity contribution in [2.45, 2.75) is 38.9 Å². The Kier molecular flexibility index (Phi) is 7.55. The number of carbonyl (C=O) groups excluding carboxylic acids is 2. The van der Waals surface area contributed by atoms with E-state index in [1.165, 1.54) is 13.1 Å². The summed E-state index contributed by atoms with van der Waals surface area (Å²) < 4.78 is 10.6. The molecule has 0 saturated carbocycles. The number of nitrogens with zero attached hydrogens (tertiary/aromatic N) is 1. The lowest BCUT2D eigenvalue weighted by Crippen LogP contribution is -2.34. The van der Waals surface area contributed by atoms with Crippen molar-refractivity contribution in [3.63, 3.8) is 0 Å². The van der Waals surface area contributed by atoms with Gasteiger partial charge in [0.15, 0.2) is 0 Å². The van der Waals surface area contributed by atoms with E-state index in [1.807, 2.05) is 36.4 Å². The normalized spacial score (nSPS) is 13.0. The maximum atomic E-state index is 12.0. The second kappa shape index (κ2) is 10.1. The first-order chi connectivity index (χ1) is 13.0. The SMILES string of the molecule is CC(=O)OC(C)(/C=N/OCc1ccccc1)CCC(=O)Oc1ccccc1. The highest BCUT2D eigenvalue weighted by molar-refractivity contribution is 5.77. The van der Waals surface area contributed by atoms with Gasteiger partial charge in [-0.1, -0.05) is 53.7 Å². The summed E-state index contributed by atoms with van der Waals surface area (Å²) in [5, 5.41) is 3.90. The topological polar surface area (TPSA) is 74.2 Å². The number of hydrogen-bond donors (Lipinski definition) is 0. The number of oxime groups is 1. The Hall–Kier alpha value is -3.15. The Bertz CT molecular complexity index is 761. The molecular weight excluding hydrogens is 346 g/mol. The van der Waals surface area contributed by atoms with E-state index in [1.54, 1.807) is 31.2 Å². The van der Waals surface area contributed by atoms with E-state index in [2.05, 4.69) is 5.16 Å². The van der Waals surface area contributed by atoms with E-state index < -0.39 is 17.5 Å². The van der Waals surface area contributed by atoms with E-state index in [4.69, 9.17) is 14.3 Å². The van der Waals surface area contributed by atoms with Gasteiger partial charge in [0, 0.05) is 13.3 Å². The molecule has 27 heavy (non-hydrogen) atoms. The van der Waals surface area contributed by atoms with Crippen LogP contribution in [0.25, 0.3) is 0 Å². The molecule has 0 aromatic heterocycles. The molecule has 0 bridgehead atoms. The molecule has 0 heterocycles. The van der Waals surface area contributed by atoms with Crippen molar-refractivity contribution in [2.75, 3.05) is 0 Å². The molecule has 6 heteroatoms. The number of esters is 2. The molecule has 2 rings (SSSR count). The number of hydrogen-bond acceptors (Lipinski definition) is 6. The fourth-order valence-electron chi connectivity index (χ4n) is 2.33. The first-order valence-electron chi connectivity index (χ1n) is 8.62. The molecule has 0 aliphatic rings. The second-order valence-electron chi connectivity index (χ2n) is 6.19. The lowest BCUT2D eigenvalue weighted by molar-refractivity contribution is -0.151. The summed E-state index contributed by atoms with van der Waals surface area (Å²) in [5.74, 6) is -0.418. The van der Waals surface area contributed by atoms with Crippen LogP contribution in [0.15, 0.2) is 65.8 Å². The molecule has 0 aliphatic heterocycles. The van der Waals surface area contributed by atoms with E-state index in [0.29, 0.717) is 12.4 Å². The minimum atomic E-state index is -1.07. The highest BCUT2D eigenvalue weighted by Crippen LogP contribution is 2.18. The largest absolute Gasteiger partial charge is 0.454 e. The van der Waals surface area contributed by atoms with Gasteiger partial charge in [-0.25, -0.2) is 0 Å². The highest BCUT2D eigenvalue weighted by Gasteiger charge is 2.27. The van der Waals surface area contributed by atoms with Crippen molar-refractivity contribution < 1.29 is 23.9 Å². The average molecular weight is 369 g/mol. The summed E-state index contributed by atoms with van der Waals surface area (Å²) in [6, 6.07) is 18.4. The number of ether oxygens (including phenoxy) is 2. The molecule has 142 valence electrons. The zero-order chi connectivity index (χ0) is 19.5. The summed E-state index contributed by atoms with van der Waals surface area (Å²) in [5.41, 5.74) is -0.103. The Morgan fingerprint density at radius 3 is 2.30 bits per heavy atom. The number of rotatable bonds is 9. The van der Waals surface area contributed by atoms with Crippen molar-refractivity contribution in [3.8, 4) is 5.75 Å². The minimum absolute atomic E-state index is 0.0589. The fraction of sp³-hybridized carbons (Fsp3) is 0.286. The van der Waals surface area contributed by atoms with Gasteiger partial charge >= 0.3 is 11.9 Å². The summed E-state index contributed by atoms with van der Waals surface area (Å²) in [4.78, 5) is 28.7. The van der Waals surface area contributed by atoms with Crippen molar-refractivity contribution >= 4 is 18.2 Å². The van der Waals surface area contributed by atoms with Crippen LogP contribution in [0, 0.1) is 0 Å². The first-order valence-corrected chi connectivity index (χ1v) is 8.62. The Morgan fingerprint density at radius 1 is 1.04 bits per heavy atom. The van der Waals surface area contributed by atoms with E-state index >= 15 is 0 Å². The van der Waals surface area contributed by atoms with E-state index in [9.17, 15) is 9.59 Å². The Labute approximate surface area is 158 Å². The van der Waals surface area contributed by atoms with Crippen LogP contribution in [0.1, 0.15) is 32.3 Å². The maximum absolute atomic E-state index is 12.0. The second-order valence-corrected chi connectivity index (χ2v) is 6.19. The third kappa shape index (κ3) is 7.73. The zero-order valence-corrected chi connectivity index (χ0v) is 15.5. The fourth-order valence-corrected chi connectivity index (χ4v) is 2.33. The average Bonchev–Trinajstić information content (AvgIpc) is 2.65. The van der Waals surface area contributed by atoms with Crippen molar-refractivity contribution in [1.82, 2.24) is 0 Å². The summed E-state index contributed by atoms with van der Waals surface area (Å²) in [7, 11) is 0. The molecule has 1 atom stereocenters. The molecular formula is C21H23NO5. The monoisotopic (exact) mass is 369 g/mol. The molecule has 2 aromatic rings. The third-order valence-corrected chi connectivity index (χ3v) is 3.65. The predicted molar refractivity (Wildman–Crippen MR) is 101 cm³/mol. The molecule has 0 fully saturated rings. The number of benzene rings is 2. The molecule has 1 unspecified atom stereocenters. The maximum Gasteiger partial charge on any atom is 0.311 e. The summed E-state index contributed by atoms with van der Waals surface area (Å²) in [6.45, 7) is 3.27. The van der Waals surface area contributed by atoms with Crippen LogP contribution in [-0.2, 0) is 25.8 Å². The molecule has 0 amide bonds. The molecule has 0 saturated heterocycles.